The largest absolute Gasteiger partial charge is 0.365 e. The summed E-state index contributed by atoms with van der Waals surface area (Å²) in [5, 5.41) is 13.2. The topological polar surface area (TPSA) is 116 Å². The molecule has 0 saturated heterocycles. The lowest BCUT2D eigenvalue weighted by atomic mass is 9.85. The van der Waals surface area contributed by atoms with Crippen molar-refractivity contribution in [1.82, 2.24) is 19.7 Å². The molecule has 2 amide bonds. The molecule has 1 saturated carbocycles. The zero-order valence-corrected chi connectivity index (χ0v) is 20.8. The zero-order valence-electron chi connectivity index (χ0n) is 19.1. The van der Waals surface area contributed by atoms with Gasteiger partial charge in [-0.2, -0.15) is 0 Å². The number of carbonyl (C=O) groups excluding carboxylic acids is 2. The van der Waals surface area contributed by atoms with Crippen LogP contribution in [0.4, 0.5) is 5.00 Å². The minimum atomic E-state index is -0.477. The number of pyridine rings is 1. The maximum atomic E-state index is 12.9. The lowest BCUT2D eigenvalue weighted by Crippen LogP contribution is -2.23. The lowest BCUT2D eigenvalue weighted by molar-refractivity contribution is -0.113. The van der Waals surface area contributed by atoms with Crippen LogP contribution in [0.3, 0.4) is 0 Å². The van der Waals surface area contributed by atoms with E-state index in [1.54, 1.807) is 12.4 Å². The molecule has 10 heteroatoms. The number of primary amides is 1. The second kappa shape index (κ2) is 9.87. The molecular weight excluding hydrogens is 468 g/mol. The molecule has 5 rings (SSSR count). The van der Waals surface area contributed by atoms with Gasteiger partial charge in [0.1, 0.15) is 5.00 Å². The number of carbonyl (C=O) groups is 2. The van der Waals surface area contributed by atoms with Crippen molar-refractivity contribution in [3.63, 3.8) is 0 Å². The van der Waals surface area contributed by atoms with Gasteiger partial charge in [-0.05, 0) is 55.7 Å². The van der Waals surface area contributed by atoms with Crippen molar-refractivity contribution in [2.45, 2.75) is 63.1 Å². The average Bonchev–Trinajstić information content (AvgIpc) is 3.53. The van der Waals surface area contributed by atoms with Crippen LogP contribution >= 0.6 is 23.1 Å². The smallest absolute Gasteiger partial charge is 0.251 e. The molecule has 2 aliphatic carbocycles. The second-order valence-electron chi connectivity index (χ2n) is 9.01. The molecule has 1 fully saturated rings. The summed E-state index contributed by atoms with van der Waals surface area (Å²) in [5.74, 6) is 0.809. The molecule has 3 N–H and O–H groups in total. The fourth-order valence-electron chi connectivity index (χ4n) is 5.09. The van der Waals surface area contributed by atoms with E-state index in [1.807, 2.05) is 12.1 Å². The van der Waals surface area contributed by atoms with Gasteiger partial charge in [0.2, 0.25) is 5.91 Å². The highest BCUT2D eigenvalue weighted by Crippen LogP contribution is 2.40. The van der Waals surface area contributed by atoms with Crippen molar-refractivity contribution in [3.05, 3.63) is 40.5 Å². The van der Waals surface area contributed by atoms with Gasteiger partial charge in [0.15, 0.2) is 11.0 Å². The van der Waals surface area contributed by atoms with E-state index >= 15 is 0 Å². The van der Waals surface area contributed by atoms with Crippen LogP contribution in [0.2, 0.25) is 0 Å². The van der Waals surface area contributed by atoms with Gasteiger partial charge in [0.25, 0.3) is 5.91 Å². The highest BCUT2D eigenvalue weighted by atomic mass is 32.2. The zero-order chi connectivity index (χ0) is 23.7. The molecule has 2 atom stereocenters. The number of thiophene rings is 1. The summed E-state index contributed by atoms with van der Waals surface area (Å²) in [7, 11) is 0. The Kier molecular flexibility index (Phi) is 6.69. The van der Waals surface area contributed by atoms with E-state index in [4.69, 9.17) is 5.73 Å². The van der Waals surface area contributed by atoms with Crippen molar-refractivity contribution >= 4 is 39.9 Å². The van der Waals surface area contributed by atoms with Gasteiger partial charge in [0.05, 0.1) is 11.3 Å². The fraction of sp³-hybridized carbons (Fsp3) is 0.458. The van der Waals surface area contributed by atoms with Crippen LogP contribution in [0.15, 0.2) is 29.7 Å². The normalized spacial score (nSPS) is 19.7. The Labute approximate surface area is 206 Å². The van der Waals surface area contributed by atoms with E-state index in [1.165, 1.54) is 42.4 Å². The minimum absolute atomic E-state index is 0.174. The van der Waals surface area contributed by atoms with Crippen LogP contribution in [0.5, 0.6) is 0 Å². The number of rotatable bonds is 7. The maximum Gasteiger partial charge on any atom is 0.251 e. The van der Waals surface area contributed by atoms with Crippen molar-refractivity contribution in [1.29, 1.82) is 0 Å². The SMILES string of the molecule is C[C@H]1CCCC[C@H]1n1c(SCC(=O)Nc2sc3c(c2C(N)=O)CCC3)nnc1-c1cccnc1. The predicted octanol–water partition coefficient (Wildman–Crippen LogP) is 4.47. The summed E-state index contributed by atoms with van der Waals surface area (Å²) in [6.45, 7) is 2.28. The first-order chi connectivity index (χ1) is 16.5. The third kappa shape index (κ3) is 4.48. The number of aromatic nitrogens is 4. The summed E-state index contributed by atoms with van der Waals surface area (Å²) in [6.07, 6.45) is 11.0. The number of aryl methyl sites for hydroxylation is 1. The monoisotopic (exact) mass is 496 g/mol. The number of fused-ring (bicyclic) bond motifs is 1. The highest BCUT2D eigenvalue weighted by Gasteiger charge is 2.30. The number of hydrogen-bond donors (Lipinski definition) is 2. The van der Waals surface area contributed by atoms with E-state index in [2.05, 4.69) is 32.0 Å². The highest BCUT2D eigenvalue weighted by molar-refractivity contribution is 7.99. The maximum absolute atomic E-state index is 12.9. The lowest BCUT2D eigenvalue weighted by Gasteiger charge is -2.31. The quantitative estimate of drug-likeness (QED) is 0.466. The third-order valence-electron chi connectivity index (χ3n) is 6.74. The van der Waals surface area contributed by atoms with Crippen LogP contribution in [-0.4, -0.2) is 37.3 Å². The van der Waals surface area contributed by atoms with Crippen molar-refractivity contribution in [3.8, 4) is 11.4 Å². The first-order valence-corrected chi connectivity index (χ1v) is 13.6. The average molecular weight is 497 g/mol. The first-order valence-electron chi connectivity index (χ1n) is 11.7. The van der Waals surface area contributed by atoms with Gasteiger partial charge in [-0.1, -0.05) is 31.5 Å². The third-order valence-corrected chi connectivity index (χ3v) is 8.89. The first kappa shape index (κ1) is 23.0. The van der Waals surface area contributed by atoms with Gasteiger partial charge >= 0.3 is 0 Å². The van der Waals surface area contributed by atoms with Crippen molar-refractivity contribution in [2.24, 2.45) is 11.7 Å². The van der Waals surface area contributed by atoms with E-state index in [0.29, 0.717) is 16.5 Å². The Morgan fingerprint density at radius 1 is 1.24 bits per heavy atom. The molecule has 0 aromatic carbocycles. The van der Waals surface area contributed by atoms with Crippen LogP contribution in [-0.2, 0) is 17.6 Å². The molecule has 34 heavy (non-hydrogen) atoms. The molecule has 0 bridgehead atoms. The van der Waals surface area contributed by atoms with Crippen molar-refractivity contribution < 1.29 is 9.59 Å². The van der Waals surface area contributed by atoms with E-state index in [9.17, 15) is 9.59 Å². The predicted molar refractivity (Wildman–Crippen MR) is 134 cm³/mol. The molecule has 0 spiro atoms. The van der Waals surface area contributed by atoms with E-state index in [0.717, 1.165) is 52.7 Å². The fourth-order valence-corrected chi connectivity index (χ4v) is 7.20. The molecule has 8 nitrogen and oxygen atoms in total. The molecule has 0 aliphatic heterocycles. The number of thioether (sulfide) groups is 1. The van der Waals surface area contributed by atoms with Crippen LogP contribution in [0.1, 0.15) is 65.9 Å². The summed E-state index contributed by atoms with van der Waals surface area (Å²) >= 11 is 2.85. The van der Waals surface area contributed by atoms with E-state index < -0.39 is 5.91 Å². The Hall–Kier alpha value is -2.72. The molecule has 3 heterocycles. The van der Waals surface area contributed by atoms with Gasteiger partial charge < -0.3 is 11.1 Å². The summed E-state index contributed by atoms with van der Waals surface area (Å²) in [6, 6.07) is 4.17. The molecule has 0 radical (unpaired) electrons. The number of amides is 2. The molecule has 178 valence electrons. The minimum Gasteiger partial charge on any atom is -0.365 e. The second-order valence-corrected chi connectivity index (χ2v) is 11.1. The number of nitrogens with two attached hydrogens (primary N) is 1. The van der Waals surface area contributed by atoms with Gasteiger partial charge in [0, 0.05) is 28.9 Å². The summed E-state index contributed by atoms with van der Waals surface area (Å²) < 4.78 is 2.20. The van der Waals surface area contributed by atoms with Gasteiger partial charge in [-0.3, -0.25) is 19.1 Å². The van der Waals surface area contributed by atoms with Crippen LogP contribution < -0.4 is 11.1 Å². The van der Waals surface area contributed by atoms with E-state index in [-0.39, 0.29) is 17.7 Å². The van der Waals surface area contributed by atoms with Gasteiger partial charge in [-0.25, -0.2) is 0 Å². The van der Waals surface area contributed by atoms with Gasteiger partial charge in [-0.15, -0.1) is 21.5 Å². The molecule has 2 aliphatic rings. The Morgan fingerprint density at radius 2 is 2.09 bits per heavy atom. The molecular formula is C24H28N6O2S2. The van der Waals surface area contributed by atoms with Crippen molar-refractivity contribution in [2.75, 3.05) is 11.1 Å². The molecule has 3 aromatic heterocycles. The summed E-state index contributed by atoms with van der Waals surface area (Å²) in [5.41, 5.74) is 8.04. The molecule has 0 unspecified atom stereocenters. The van der Waals surface area contributed by atoms with Crippen LogP contribution in [0, 0.1) is 5.92 Å². The number of nitrogens with zero attached hydrogens (tertiary/aromatic N) is 4. The Morgan fingerprint density at radius 3 is 2.85 bits per heavy atom. The summed E-state index contributed by atoms with van der Waals surface area (Å²) in [4.78, 5) is 30.3. The number of nitrogens with one attached hydrogen (secondary N) is 1. The van der Waals surface area contributed by atoms with Crippen LogP contribution in [0.25, 0.3) is 11.4 Å². The Balaban J connectivity index is 1.36. The Bertz CT molecular complexity index is 1210. The molecule has 3 aromatic rings. The standard InChI is InChI=1S/C24H28N6O2S2/c1-14-6-2-3-9-17(14)30-22(15-7-5-11-26-12-15)28-29-24(30)33-13-19(31)27-23-20(21(25)32)16-8-4-10-18(16)34-23/h5,7,11-12,14,17H,2-4,6,8-10,13H2,1H3,(H2,25,32)(H,27,31)/t14-,17+/m0/s1. The number of anilines is 1. The number of hydrogen-bond acceptors (Lipinski definition) is 7.